The summed E-state index contributed by atoms with van der Waals surface area (Å²) in [6.07, 6.45) is 2.43. The number of alkyl halides is 2. The van der Waals surface area contributed by atoms with E-state index in [-0.39, 0.29) is 29.7 Å². The van der Waals surface area contributed by atoms with Crippen LogP contribution in [0.25, 0.3) is 0 Å². The number of ether oxygens (including phenoxy) is 2. The number of aliphatic imine (C=N–C) groups is 1. The Kier molecular flexibility index (Phi) is 11.4. The minimum Gasteiger partial charge on any atom is -0.490 e. The molecule has 1 unspecified atom stereocenters. The molecule has 0 bridgehead atoms. The van der Waals surface area contributed by atoms with Gasteiger partial charge in [0, 0.05) is 26.2 Å². The van der Waals surface area contributed by atoms with Gasteiger partial charge < -0.3 is 20.1 Å². The molecule has 1 aliphatic rings. The third kappa shape index (κ3) is 7.57. The van der Waals surface area contributed by atoms with Crippen LogP contribution >= 0.6 is 24.0 Å². The highest BCUT2D eigenvalue weighted by atomic mass is 127. The predicted octanol–water partition coefficient (Wildman–Crippen LogP) is 3.45. The average molecular weight is 512 g/mol. The quantitative estimate of drug-likeness (QED) is 0.302. The van der Waals surface area contributed by atoms with E-state index < -0.39 is 6.61 Å². The van der Waals surface area contributed by atoms with E-state index in [1.54, 1.807) is 26.1 Å². The summed E-state index contributed by atoms with van der Waals surface area (Å²) in [5.41, 5.74) is 0.888. The Morgan fingerprint density at radius 1 is 1.29 bits per heavy atom. The topological polar surface area (TPSA) is 58.1 Å². The predicted molar refractivity (Wildman–Crippen MR) is 118 cm³/mol. The molecule has 0 amide bonds. The van der Waals surface area contributed by atoms with Gasteiger partial charge >= 0.3 is 6.61 Å². The zero-order chi connectivity index (χ0) is 19.6. The number of guanidine groups is 1. The van der Waals surface area contributed by atoms with Crippen molar-refractivity contribution in [1.82, 2.24) is 15.5 Å². The maximum atomic E-state index is 12.5. The largest absolute Gasteiger partial charge is 0.490 e. The normalized spacial score (nSPS) is 17.4. The first kappa shape index (κ1) is 24.7. The lowest BCUT2D eigenvalue weighted by molar-refractivity contribution is -0.0514. The summed E-state index contributed by atoms with van der Waals surface area (Å²) < 4.78 is 34.9. The molecule has 0 aromatic heterocycles. The Bertz CT molecular complexity index is 620. The summed E-state index contributed by atoms with van der Waals surface area (Å²) in [6, 6.07) is 5.47. The van der Waals surface area contributed by atoms with Gasteiger partial charge in [-0.1, -0.05) is 13.0 Å². The van der Waals surface area contributed by atoms with Crippen molar-refractivity contribution in [2.45, 2.75) is 45.9 Å². The number of hydrogen-bond donors (Lipinski definition) is 2. The van der Waals surface area contributed by atoms with Crippen molar-refractivity contribution in [3.63, 3.8) is 0 Å². The Hall–Kier alpha value is -1.36. The van der Waals surface area contributed by atoms with Gasteiger partial charge in [-0.05, 0) is 50.6 Å². The van der Waals surface area contributed by atoms with Gasteiger partial charge in [0.25, 0.3) is 0 Å². The lowest BCUT2D eigenvalue weighted by Gasteiger charge is -2.24. The first-order valence-corrected chi connectivity index (χ1v) is 9.46. The molecular weight excluding hydrogens is 481 g/mol. The molecule has 0 radical (unpaired) electrons. The van der Waals surface area contributed by atoms with E-state index in [2.05, 4.69) is 32.2 Å². The fraction of sp³-hybridized carbons (Fsp3) is 0.632. The lowest BCUT2D eigenvalue weighted by atomic mass is 10.2. The number of likely N-dealkylation sites (N-methyl/N-ethyl adjacent to an activating group) is 1. The van der Waals surface area contributed by atoms with Crippen LogP contribution in [0.2, 0.25) is 0 Å². The van der Waals surface area contributed by atoms with E-state index in [0.717, 1.165) is 25.2 Å². The van der Waals surface area contributed by atoms with Crippen LogP contribution in [0.5, 0.6) is 11.5 Å². The number of nitrogens with zero attached hydrogens (tertiary/aromatic N) is 2. The molecule has 1 aromatic carbocycles. The van der Waals surface area contributed by atoms with Crippen molar-refractivity contribution in [3.8, 4) is 11.5 Å². The summed E-state index contributed by atoms with van der Waals surface area (Å²) in [5, 5.41) is 6.61. The molecule has 0 spiro atoms. The smallest absolute Gasteiger partial charge is 0.387 e. The van der Waals surface area contributed by atoms with E-state index in [0.29, 0.717) is 30.9 Å². The third-order valence-electron chi connectivity index (χ3n) is 4.62. The van der Waals surface area contributed by atoms with Crippen molar-refractivity contribution in [3.05, 3.63) is 23.8 Å². The fourth-order valence-electron chi connectivity index (χ4n) is 3.29. The van der Waals surface area contributed by atoms with Crippen LogP contribution in [0.3, 0.4) is 0 Å². The van der Waals surface area contributed by atoms with Gasteiger partial charge in [0.1, 0.15) is 0 Å². The molecule has 2 rings (SSSR count). The molecule has 0 saturated carbocycles. The van der Waals surface area contributed by atoms with Gasteiger partial charge in [0.2, 0.25) is 0 Å². The SMILES string of the molecule is CCOc1cc(CNC(=NC)NCC2CCCN2CC)ccc1OC(F)F.I. The van der Waals surface area contributed by atoms with Crippen molar-refractivity contribution >= 4 is 29.9 Å². The number of benzene rings is 1. The highest BCUT2D eigenvalue weighted by molar-refractivity contribution is 14.0. The summed E-state index contributed by atoms with van der Waals surface area (Å²) in [7, 11) is 1.73. The second-order valence-corrected chi connectivity index (χ2v) is 6.32. The second-order valence-electron chi connectivity index (χ2n) is 6.32. The van der Waals surface area contributed by atoms with E-state index in [9.17, 15) is 8.78 Å². The Morgan fingerprint density at radius 3 is 2.71 bits per heavy atom. The Labute approximate surface area is 183 Å². The molecular formula is C19H31F2IN4O2. The third-order valence-corrected chi connectivity index (χ3v) is 4.62. The van der Waals surface area contributed by atoms with Gasteiger partial charge in [-0.3, -0.25) is 9.89 Å². The van der Waals surface area contributed by atoms with Crippen LogP contribution in [0.4, 0.5) is 8.78 Å². The second kappa shape index (κ2) is 13.0. The highest BCUT2D eigenvalue weighted by Gasteiger charge is 2.22. The first-order chi connectivity index (χ1) is 13.1. The van der Waals surface area contributed by atoms with Gasteiger partial charge in [-0.2, -0.15) is 8.78 Å². The van der Waals surface area contributed by atoms with Crippen molar-refractivity contribution in [2.75, 3.05) is 33.3 Å². The number of hydrogen-bond acceptors (Lipinski definition) is 4. The average Bonchev–Trinajstić information content (AvgIpc) is 3.11. The number of rotatable bonds is 9. The zero-order valence-electron chi connectivity index (χ0n) is 16.7. The molecule has 1 aliphatic heterocycles. The molecule has 1 aromatic rings. The van der Waals surface area contributed by atoms with Gasteiger partial charge in [-0.25, -0.2) is 0 Å². The standard InChI is InChI=1S/C19H30F2N4O2.HI/c1-4-25-10-6-7-15(25)13-24-19(22-3)23-12-14-8-9-16(27-18(20)21)17(11-14)26-5-2;/h8-9,11,15,18H,4-7,10,12-13H2,1-3H3,(H2,22,23,24);1H. The van der Waals surface area contributed by atoms with Crippen molar-refractivity contribution in [2.24, 2.45) is 4.99 Å². The molecule has 9 heteroatoms. The molecule has 1 heterocycles. The molecule has 1 atom stereocenters. The van der Waals surface area contributed by atoms with E-state index in [1.807, 2.05) is 0 Å². The van der Waals surface area contributed by atoms with Crippen LogP contribution in [0, 0.1) is 0 Å². The van der Waals surface area contributed by atoms with Crippen LogP contribution in [0.1, 0.15) is 32.3 Å². The van der Waals surface area contributed by atoms with E-state index >= 15 is 0 Å². The fourth-order valence-corrected chi connectivity index (χ4v) is 3.29. The summed E-state index contributed by atoms with van der Waals surface area (Å²) >= 11 is 0. The molecule has 1 saturated heterocycles. The summed E-state index contributed by atoms with van der Waals surface area (Å²) in [4.78, 5) is 6.72. The van der Waals surface area contributed by atoms with Crippen LogP contribution in [0.15, 0.2) is 23.2 Å². The van der Waals surface area contributed by atoms with Crippen LogP contribution in [-0.4, -0.2) is 56.8 Å². The minimum atomic E-state index is -2.88. The van der Waals surface area contributed by atoms with E-state index in [4.69, 9.17) is 4.74 Å². The molecule has 6 nitrogen and oxygen atoms in total. The zero-order valence-corrected chi connectivity index (χ0v) is 19.0. The van der Waals surface area contributed by atoms with Gasteiger partial charge in [-0.15, -0.1) is 24.0 Å². The number of nitrogens with one attached hydrogen (secondary N) is 2. The minimum absolute atomic E-state index is 0. The van der Waals surface area contributed by atoms with Crippen molar-refractivity contribution in [1.29, 1.82) is 0 Å². The number of halogens is 3. The number of likely N-dealkylation sites (tertiary alicyclic amines) is 1. The Morgan fingerprint density at radius 2 is 2.07 bits per heavy atom. The Balaban J connectivity index is 0.00000392. The first-order valence-electron chi connectivity index (χ1n) is 9.46. The van der Waals surface area contributed by atoms with Gasteiger partial charge in [0.05, 0.1) is 6.61 Å². The van der Waals surface area contributed by atoms with Crippen LogP contribution < -0.4 is 20.1 Å². The monoisotopic (exact) mass is 512 g/mol. The molecule has 0 aliphatic carbocycles. The molecule has 1 fully saturated rings. The van der Waals surface area contributed by atoms with Gasteiger partial charge in [0.15, 0.2) is 17.5 Å². The molecule has 160 valence electrons. The molecule has 28 heavy (non-hydrogen) atoms. The van der Waals surface area contributed by atoms with Crippen LogP contribution in [-0.2, 0) is 6.54 Å². The summed E-state index contributed by atoms with van der Waals surface area (Å²) in [5.74, 6) is 1.06. The summed E-state index contributed by atoms with van der Waals surface area (Å²) in [6.45, 7) is 5.03. The molecule has 2 N–H and O–H groups in total. The maximum Gasteiger partial charge on any atom is 0.387 e. The lowest BCUT2D eigenvalue weighted by Crippen LogP contribution is -2.44. The maximum absolute atomic E-state index is 12.5. The van der Waals surface area contributed by atoms with E-state index in [1.165, 1.54) is 18.9 Å². The van der Waals surface area contributed by atoms with Crippen molar-refractivity contribution < 1.29 is 18.3 Å². The highest BCUT2D eigenvalue weighted by Crippen LogP contribution is 2.29.